The van der Waals surface area contributed by atoms with E-state index in [1.807, 2.05) is 19.1 Å². The van der Waals surface area contributed by atoms with Gasteiger partial charge in [-0.05, 0) is 32.4 Å². The Morgan fingerprint density at radius 1 is 1.57 bits per heavy atom. The largest absolute Gasteiger partial charge is 0.396 e. The second-order valence-electron chi connectivity index (χ2n) is 3.45. The molecule has 1 aromatic rings. The molecule has 0 amide bonds. The molecule has 1 heterocycles. The summed E-state index contributed by atoms with van der Waals surface area (Å²) < 4.78 is 0. The number of aromatic nitrogens is 1. The predicted octanol–water partition coefficient (Wildman–Crippen LogP) is 1.16. The summed E-state index contributed by atoms with van der Waals surface area (Å²) >= 11 is 0. The number of anilines is 2. The number of aryl methyl sites for hydroxylation is 1. The molecule has 4 nitrogen and oxygen atoms in total. The van der Waals surface area contributed by atoms with E-state index in [0.29, 0.717) is 24.5 Å². The lowest BCUT2D eigenvalue weighted by Crippen LogP contribution is -2.12. The van der Waals surface area contributed by atoms with Gasteiger partial charge >= 0.3 is 0 Å². The molecule has 0 spiro atoms. The van der Waals surface area contributed by atoms with E-state index in [0.717, 1.165) is 5.69 Å². The molecule has 1 unspecified atom stereocenters. The van der Waals surface area contributed by atoms with Crippen molar-refractivity contribution in [1.82, 2.24) is 4.98 Å². The van der Waals surface area contributed by atoms with Gasteiger partial charge in [0.1, 0.15) is 5.82 Å². The highest BCUT2D eigenvalue weighted by molar-refractivity contribution is 5.61. The summed E-state index contributed by atoms with van der Waals surface area (Å²) in [4.78, 5) is 4.25. The van der Waals surface area contributed by atoms with Gasteiger partial charge < -0.3 is 16.2 Å². The van der Waals surface area contributed by atoms with Crippen LogP contribution in [0.4, 0.5) is 11.5 Å². The summed E-state index contributed by atoms with van der Waals surface area (Å²) in [5.74, 6) is 0.700. The van der Waals surface area contributed by atoms with Crippen molar-refractivity contribution in [1.29, 1.82) is 0 Å². The highest BCUT2D eigenvalue weighted by atomic mass is 16.3. The fraction of sp³-hybridized carbons (Fsp3) is 0.500. The van der Waals surface area contributed by atoms with Gasteiger partial charge in [0.05, 0.1) is 11.8 Å². The van der Waals surface area contributed by atoms with E-state index in [-0.39, 0.29) is 6.10 Å². The van der Waals surface area contributed by atoms with Crippen LogP contribution in [0.2, 0.25) is 0 Å². The molecule has 4 heteroatoms. The average molecular weight is 195 g/mol. The van der Waals surface area contributed by atoms with Crippen molar-refractivity contribution in [2.24, 2.45) is 0 Å². The van der Waals surface area contributed by atoms with Gasteiger partial charge in [0.15, 0.2) is 0 Å². The van der Waals surface area contributed by atoms with E-state index in [1.165, 1.54) is 0 Å². The molecule has 0 aromatic carbocycles. The number of pyridine rings is 1. The number of hydrogen-bond acceptors (Lipinski definition) is 4. The Bertz CT molecular complexity index is 299. The topological polar surface area (TPSA) is 71.2 Å². The number of aliphatic hydroxyl groups is 1. The molecular formula is C10H17N3O. The summed E-state index contributed by atoms with van der Waals surface area (Å²) in [5, 5.41) is 12.2. The number of rotatable bonds is 4. The molecule has 14 heavy (non-hydrogen) atoms. The van der Waals surface area contributed by atoms with Crippen LogP contribution >= 0.6 is 0 Å². The van der Waals surface area contributed by atoms with Crippen LogP contribution in [0.1, 0.15) is 19.0 Å². The van der Waals surface area contributed by atoms with Crippen molar-refractivity contribution in [3.05, 3.63) is 17.8 Å². The van der Waals surface area contributed by atoms with E-state index in [1.54, 1.807) is 6.92 Å². The third kappa shape index (κ3) is 3.22. The van der Waals surface area contributed by atoms with E-state index in [4.69, 9.17) is 10.8 Å². The average Bonchev–Trinajstić information content (AvgIpc) is 2.10. The standard InChI is InChI=1S/C10H17N3O/c1-7-3-4-9(11)10(13-7)12-6-5-8(2)14/h3-4,8,14H,5-6,11H2,1-2H3,(H,12,13). The fourth-order valence-electron chi connectivity index (χ4n) is 1.11. The van der Waals surface area contributed by atoms with E-state index in [2.05, 4.69) is 10.3 Å². The molecule has 4 N–H and O–H groups in total. The number of nitrogen functional groups attached to an aromatic ring is 1. The Morgan fingerprint density at radius 2 is 2.29 bits per heavy atom. The molecule has 0 fully saturated rings. The van der Waals surface area contributed by atoms with Gasteiger partial charge in [-0.15, -0.1) is 0 Å². The molecular weight excluding hydrogens is 178 g/mol. The monoisotopic (exact) mass is 195 g/mol. The molecule has 0 aliphatic carbocycles. The van der Waals surface area contributed by atoms with Crippen molar-refractivity contribution in [2.75, 3.05) is 17.6 Å². The Hall–Kier alpha value is -1.29. The van der Waals surface area contributed by atoms with Gasteiger partial charge in [-0.1, -0.05) is 0 Å². The smallest absolute Gasteiger partial charge is 0.149 e. The Morgan fingerprint density at radius 3 is 2.93 bits per heavy atom. The Labute approximate surface area is 84.2 Å². The predicted molar refractivity (Wildman–Crippen MR) is 58.2 cm³/mol. The second kappa shape index (κ2) is 4.81. The lowest BCUT2D eigenvalue weighted by Gasteiger charge is -2.09. The summed E-state index contributed by atoms with van der Waals surface area (Å²) in [7, 11) is 0. The molecule has 78 valence electrons. The molecule has 0 aliphatic heterocycles. The molecule has 1 aromatic heterocycles. The van der Waals surface area contributed by atoms with Crippen molar-refractivity contribution < 1.29 is 5.11 Å². The maximum absolute atomic E-state index is 9.06. The van der Waals surface area contributed by atoms with Gasteiger partial charge in [0.2, 0.25) is 0 Å². The number of hydrogen-bond donors (Lipinski definition) is 3. The molecule has 0 saturated carbocycles. The number of nitrogens with zero attached hydrogens (tertiary/aromatic N) is 1. The molecule has 1 rings (SSSR count). The molecule has 0 saturated heterocycles. The molecule has 1 atom stereocenters. The SMILES string of the molecule is Cc1ccc(N)c(NCCC(C)O)n1. The van der Waals surface area contributed by atoms with Gasteiger partial charge in [0.25, 0.3) is 0 Å². The van der Waals surface area contributed by atoms with Crippen molar-refractivity contribution in [3.8, 4) is 0 Å². The van der Waals surface area contributed by atoms with E-state index >= 15 is 0 Å². The number of nitrogens with two attached hydrogens (primary N) is 1. The van der Waals surface area contributed by atoms with Crippen LogP contribution in [0.5, 0.6) is 0 Å². The minimum absolute atomic E-state index is 0.298. The molecule has 0 radical (unpaired) electrons. The van der Waals surface area contributed by atoms with Gasteiger partial charge in [0, 0.05) is 12.2 Å². The first-order chi connectivity index (χ1) is 6.59. The molecule has 0 bridgehead atoms. The summed E-state index contributed by atoms with van der Waals surface area (Å²) in [5.41, 5.74) is 7.29. The van der Waals surface area contributed by atoms with Crippen LogP contribution in [0.15, 0.2) is 12.1 Å². The lowest BCUT2D eigenvalue weighted by molar-refractivity contribution is 0.188. The highest BCUT2D eigenvalue weighted by Crippen LogP contribution is 2.14. The third-order valence-corrected chi connectivity index (χ3v) is 1.92. The summed E-state index contributed by atoms with van der Waals surface area (Å²) in [6, 6.07) is 3.70. The van der Waals surface area contributed by atoms with E-state index in [9.17, 15) is 0 Å². The first kappa shape index (κ1) is 10.8. The van der Waals surface area contributed by atoms with Gasteiger partial charge in [-0.3, -0.25) is 0 Å². The first-order valence-corrected chi connectivity index (χ1v) is 4.74. The zero-order chi connectivity index (χ0) is 10.6. The second-order valence-corrected chi connectivity index (χ2v) is 3.45. The van der Waals surface area contributed by atoms with Crippen LogP contribution in [0.3, 0.4) is 0 Å². The zero-order valence-electron chi connectivity index (χ0n) is 8.62. The zero-order valence-corrected chi connectivity index (χ0v) is 8.62. The maximum atomic E-state index is 9.06. The van der Waals surface area contributed by atoms with Crippen LogP contribution < -0.4 is 11.1 Å². The maximum Gasteiger partial charge on any atom is 0.149 e. The fourth-order valence-corrected chi connectivity index (χ4v) is 1.11. The van der Waals surface area contributed by atoms with Crippen LogP contribution in [-0.2, 0) is 0 Å². The van der Waals surface area contributed by atoms with Gasteiger partial charge in [-0.25, -0.2) is 4.98 Å². The quantitative estimate of drug-likeness (QED) is 0.674. The minimum atomic E-state index is -0.298. The van der Waals surface area contributed by atoms with Gasteiger partial charge in [-0.2, -0.15) is 0 Å². The minimum Gasteiger partial charge on any atom is -0.396 e. The third-order valence-electron chi connectivity index (χ3n) is 1.92. The normalized spacial score (nSPS) is 12.5. The van der Waals surface area contributed by atoms with Crippen LogP contribution in [0.25, 0.3) is 0 Å². The first-order valence-electron chi connectivity index (χ1n) is 4.74. The Balaban J connectivity index is 2.53. The molecule has 0 aliphatic rings. The summed E-state index contributed by atoms with van der Waals surface area (Å²) in [6.07, 6.45) is 0.392. The summed E-state index contributed by atoms with van der Waals surface area (Å²) in [6.45, 7) is 4.35. The van der Waals surface area contributed by atoms with Crippen molar-refractivity contribution >= 4 is 11.5 Å². The van der Waals surface area contributed by atoms with Crippen LogP contribution in [-0.4, -0.2) is 22.7 Å². The van der Waals surface area contributed by atoms with Crippen molar-refractivity contribution in [2.45, 2.75) is 26.4 Å². The highest BCUT2D eigenvalue weighted by Gasteiger charge is 2.01. The van der Waals surface area contributed by atoms with Crippen molar-refractivity contribution in [3.63, 3.8) is 0 Å². The lowest BCUT2D eigenvalue weighted by atomic mass is 10.3. The Kier molecular flexibility index (Phi) is 3.71. The number of aliphatic hydroxyl groups excluding tert-OH is 1. The number of nitrogens with one attached hydrogen (secondary N) is 1. The van der Waals surface area contributed by atoms with Crippen LogP contribution in [0, 0.1) is 6.92 Å². The van der Waals surface area contributed by atoms with E-state index < -0.39 is 0 Å².